The minimum Gasteiger partial charge on any atom is -0.475 e. The lowest BCUT2D eigenvalue weighted by Crippen LogP contribution is -2.36. The number of aryl methyl sites for hydroxylation is 1. The van der Waals surface area contributed by atoms with Crippen LogP contribution in [-0.4, -0.2) is 58.8 Å². The number of ether oxygens (including phenoxy) is 1. The molecule has 1 amide bonds. The van der Waals surface area contributed by atoms with Crippen molar-refractivity contribution in [3.8, 4) is 0 Å². The van der Waals surface area contributed by atoms with Gasteiger partial charge in [0.2, 0.25) is 5.91 Å². The predicted molar refractivity (Wildman–Crippen MR) is 103 cm³/mol. The van der Waals surface area contributed by atoms with E-state index in [2.05, 4.69) is 20.6 Å². The van der Waals surface area contributed by atoms with Crippen LogP contribution in [0.2, 0.25) is 0 Å². The number of halogens is 3. The molecule has 8 nitrogen and oxygen atoms in total. The van der Waals surface area contributed by atoms with Gasteiger partial charge in [-0.15, -0.1) is 11.3 Å². The Hall–Kier alpha value is -2.44. The molecule has 0 unspecified atom stereocenters. The summed E-state index contributed by atoms with van der Waals surface area (Å²) in [7, 11) is 0. The van der Waals surface area contributed by atoms with Gasteiger partial charge in [-0.05, 0) is 19.1 Å². The molecule has 31 heavy (non-hydrogen) atoms. The summed E-state index contributed by atoms with van der Waals surface area (Å²) in [4.78, 5) is 28.3. The number of carboxylic acids is 1. The number of carboxylic acid groups (broad SMARTS) is 1. The van der Waals surface area contributed by atoms with Gasteiger partial charge in [-0.1, -0.05) is 0 Å². The van der Waals surface area contributed by atoms with Crippen LogP contribution in [0.3, 0.4) is 0 Å². The Morgan fingerprint density at radius 3 is 2.71 bits per heavy atom. The Morgan fingerprint density at radius 2 is 2.13 bits per heavy atom. The number of carbonyl (C=O) groups is 2. The lowest BCUT2D eigenvalue weighted by Gasteiger charge is -2.18. The van der Waals surface area contributed by atoms with Crippen molar-refractivity contribution in [2.24, 2.45) is 11.8 Å². The molecule has 0 aliphatic carbocycles. The summed E-state index contributed by atoms with van der Waals surface area (Å²) in [6, 6.07) is 3.69. The average molecular weight is 461 g/mol. The van der Waals surface area contributed by atoms with E-state index in [-0.39, 0.29) is 23.8 Å². The molecule has 4 heterocycles. The third-order valence-corrected chi connectivity index (χ3v) is 5.86. The summed E-state index contributed by atoms with van der Waals surface area (Å²) < 4.78 is 42.9. The highest BCUT2D eigenvalue weighted by atomic mass is 32.1. The van der Waals surface area contributed by atoms with E-state index in [9.17, 15) is 18.0 Å². The van der Waals surface area contributed by atoms with Gasteiger partial charge in [0.1, 0.15) is 5.76 Å². The molecule has 2 aromatic heterocycles. The number of carbonyl (C=O) groups excluding carboxylic acids is 1. The largest absolute Gasteiger partial charge is 0.490 e. The van der Waals surface area contributed by atoms with Crippen molar-refractivity contribution in [3.63, 3.8) is 0 Å². The third-order valence-electron chi connectivity index (χ3n) is 5.04. The van der Waals surface area contributed by atoms with Crippen molar-refractivity contribution in [1.29, 1.82) is 0 Å². The van der Waals surface area contributed by atoms with E-state index < -0.39 is 12.1 Å². The van der Waals surface area contributed by atoms with Crippen LogP contribution in [0, 0.1) is 18.8 Å². The normalized spacial score (nSPS) is 23.2. The molecule has 2 aromatic rings. The number of hydrogen-bond acceptors (Lipinski definition) is 7. The summed E-state index contributed by atoms with van der Waals surface area (Å²) in [5.41, 5.74) is 1.11. The van der Waals surface area contributed by atoms with Crippen LogP contribution in [0.1, 0.15) is 16.5 Å². The summed E-state index contributed by atoms with van der Waals surface area (Å²) >= 11 is 1.68. The minimum absolute atomic E-state index is 0.0604. The number of aliphatic carboxylic acids is 1. The molecule has 0 radical (unpaired) electrons. The Labute approximate surface area is 180 Å². The third kappa shape index (κ3) is 6.28. The van der Waals surface area contributed by atoms with Crippen LogP contribution in [0.5, 0.6) is 0 Å². The van der Waals surface area contributed by atoms with Gasteiger partial charge >= 0.3 is 12.1 Å². The SMILES string of the molecule is Cc1nc(CN2C[C@@H]3[C@@H](C(=O)NCc4ccco4)CO[C@@H]3C2)cs1.O=C(O)C(F)(F)F. The number of likely N-dealkylation sites (tertiary alicyclic amines) is 1. The molecule has 0 bridgehead atoms. The van der Waals surface area contributed by atoms with Crippen LogP contribution in [0.4, 0.5) is 13.2 Å². The van der Waals surface area contributed by atoms with Crippen LogP contribution >= 0.6 is 11.3 Å². The highest BCUT2D eigenvalue weighted by molar-refractivity contribution is 7.09. The first-order valence-electron chi connectivity index (χ1n) is 9.48. The van der Waals surface area contributed by atoms with Crippen LogP contribution in [-0.2, 0) is 27.4 Å². The van der Waals surface area contributed by atoms with Gasteiger partial charge in [0.25, 0.3) is 0 Å². The maximum absolute atomic E-state index is 12.5. The van der Waals surface area contributed by atoms with E-state index >= 15 is 0 Å². The van der Waals surface area contributed by atoms with E-state index in [0.29, 0.717) is 13.2 Å². The summed E-state index contributed by atoms with van der Waals surface area (Å²) in [6.07, 6.45) is -3.31. The molecular formula is C19H22F3N3O5S. The maximum Gasteiger partial charge on any atom is 0.490 e. The highest BCUT2D eigenvalue weighted by Crippen LogP contribution is 2.34. The molecular weight excluding hydrogens is 439 g/mol. The van der Waals surface area contributed by atoms with E-state index in [4.69, 9.17) is 19.1 Å². The van der Waals surface area contributed by atoms with Crippen molar-refractivity contribution in [2.75, 3.05) is 19.7 Å². The molecule has 0 saturated carbocycles. The molecule has 2 fully saturated rings. The van der Waals surface area contributed by atoms with Gasteiger partial charge < -0.3 is 19.6 Å². The summed E-state index contributed by atoms with van der Waals surface area (Å²) in [6.45, 7) is 5.57. The molecule has 3 atom stereocenters. The number of rotatable bonds is 5. The standard InChI is InChI=1S/C17H21N3O3S.C2HF3O2/c1-11-19-12(10-24-11)6-20-7-14-15(9-23-16(14)8-20)17(21)18-5-13-3-2-4-22-13;3-2(4,5)1(6)7/h2-4,10,14-16H,5-9H2,1H3,(H,18,21);(H,6,7)/t14-,15+,16-;/m1./s1. The zero-order chi connectivity index (χ0) is 22.6. The number of aromatic nitrogens is 1. The van der Waals surface area contributed by atoms with Crippen molar-refractivity contribution < 1.29 is 37.0 Å². The number of amides is 1. The van der Waals surface area contributed by atoms with Crippen LogP contribution < -0.4 is 5.32 Å². The second-order valence-electron chi connectivity index (χ2n) is 7.29. The topological polar surface area (TPSA) is 105 Å². The van der Waals surface area contributed by atoms with Gasteiger partial charge in [0.05, 0.1) is 42.1 Å². The van der Waals surface area contributed by atoms with Gasteiger partial charge in [-0.3, -0.25) is 9.69 Å². The molecule has 2 saturated heterocycles. The number of thiazole rings is 1. The van der Waals surface area contributed by atoms with E-state index in [1.807, 2.05) is 19.1 Å². The molecule has 4 rings (SSSR count). The monoisotopic (exact) mass is 461 g/mol. The van der Waals surface area contributed by atoms with Crippen molar-refractivity contribution in [2.45, 2.75) is 32.3 Å². The van der Waals surface area contributed by atoms with Crippen LogP contribution in [0.15, 0.2) is 28.2 Å². The molecule has 2 N–H and O–H groups in total. The lowest BCUT2D eigenvalue weighted by atomic mass is 9.92. The molecule has 0 spiro atoms. The summed E-state index contributed by atoms with van der Waals surface area (Å²) in [5.74, 6) is -1.74. The Balaban J connectivity index is 0.000000339. The van der Waals surface area contributed by atoms with Crippen molar-refractivity contribution in [3.05, 3.63) is 40.2 Å². The summed E-state index contributed by atoms with van der Waals surface area (Å²) in [5, 5.41) is 13.3. The Bertz CT molecular complexity index is 887. The first-order valence-corrected chi connectivity index (χ1v) is 10.4. The van der Waals surface area contributed by atoms with Crippen molar-refractivity contribution >= 4 is 23.2 Å². The first-order chi connectivity index (χ1) is 14.6. The molecule has 2 aliphatic heterocycles. The molecule has 2 aliphatic rings. The smallest absolute Gasteiger partial charge is 0.475 e. The van der Waals surface area contributed by atoms with Crippen LogP contribution in [0.25, 0.3) is 0 Å². The van der Waals surface area contributed by atoms with E-state index in [0.717, 1.165) is 36.1 Å². The van der Waals surface area contributed by atoms with Gasteiger partial charge in [0.15, 0.2) is 0 Å². The van der Waals surface area contributed by atoms with E-state index in [1.54, 1.807) is 17.6 Å². The first kappa shape index (κ1) is 23.2. The number of alkyl halides is 3. The second-order valence-corrected chi connectivity index (χ2v) is 8.36. The van der Waals surface area contributed by atoms with Gasteiger partial charge in [-0.2, -0.15) is 13.2 Å². The molecule has 170 valence electrons. The van der Waals surface area contributed by atoms with E-state index in [1.165, 1.54) is 0 Å². The zero-order valence-electron chi connectivity index (χ0n) is 16.6. The predicted octanol–water partition coefficient (Wildman–Crippen LogP) is 2.44. The minimum atomic E-state index is -5.08. The maximum atomic E-state index is 12.5. The number of nitrogens with zero attached hydrogens (tertiary/aromatic N) is 2. The van der Waals surface area contributed by atoms with Crippen molar-refractivity contribution in [1.82, 2.24) is 15.2 Å². The Morgan fingerprint density at radius 1 is 1.39 bits per heavy atom. The number of hydrogen-bond donors (Lipinski definition) is 2. The average Bonchev–Trinajstić information content (AvgIpc) is 3.45. The zero-order valence-corrected chi connectivity index (χ0v) is 17.4. The fourth-order valence-electron chi connectivity index (χ4n) is 3.62. The number of fused-ring (bicyclic) bond motifs is 1. The highest BCUT2D eigenvalue weighted by Gasteiger charge is 2.46. The molecule has 12 heteroatoms. The fraction of sp³-hybridized carbons (Fsp3) is 0.526. The molecule has 0 aromatic carbocycles. The second kappa shape index (κ2) is 9.79. The number of furan rings is 1. The number of nitrogens with one attached hydrogen (secondary N) is 1. The Kier molecular flexibility index (Phi) is 7.34. The van der Waals surface area contributed by atoms with Gasteiger partial charge in [-0.25, -0.2) is 9.78 Å². The van der Waals surface area contributed by atoms with Gasteiger partial charge in [0, 0.05) is 30.9 Å². The fourth-order valence-corrected chi connectivity index (χ4v) is 4.23. The quantitative estimate of drug-likeness (QED) is 0.705. The lowest BCUT2D eigenvalue weighted by molar-refractivity contribution is -0.192.